The number of piperidine rings is 1. The zero-order valence-electron chi connectivity index (χ0n) is 25.8. The van der Waals surface area contributed by atoms with Crippen molar-refractivity contribution in [3.63, 3.8) is 0 Å². The molecule has 2 aromatic heterocycles. The number of carbonyl (C=O) groups excluding carboxylic acids is 2. The molecule has 3 saturated heterocycles. The van der Waals surface area contributed by atoms with Crippen LogP contribution in [0.25, 0.3) is 0 Å². The van der Waals surface area contributed by atoms with Gasteiger partial charge in [-0.25, -0.2) is 14.8 Å². The maximum absolute atomic E-state index is 13.6. The number of nitrogens with zero attached hydrogens (tertiary/aromatic N) is 6. The molecule has 1 atom stereocenters. The molecule has 1 N–H and O–H groups in total. The van der Waals surface area contributed by atoms with Gasteiger partial charge < -0.3 is 29.5 Å². The van der Waals surface area contributed by atoms with Gasteiger partial charge in [0.15, 0.2) is 5.82 Å². The minimum Gasteiger partial charge on any atom is -0.444 e. The third-order valence-corrected chi connectivity index (χ3v) is 9.19. The van der Waals surface area contributed by atoms with Gasteiger partial charge >= 0.3 is 6.09 Å². The standard InChI is InChI=1S/C32H45N7O4/c1-31(2,3)43-30(41)39(19-23-8-6-9-23)25-10-7-15-38(20-25)27-12-11-24(16-34-27)32(21-42-22-32)29(40)36-26-17-33-18-28(35-26)37-13-4-5-14-37/h11-12,16-18,23,25H,4-10,13-15,19-22H2,1-3H3,(H,35,36,40)/t25-/m1/s1. The van der Waals surface area contributed by atoms with Crippen molar-refractivity contribution in [3.8, 4) is 0 Å². The van der Waals surface area contributed by atoms with Crippen molar-refractivity contribution in [2.45, 2.75) is 82.8 Å². The Labute approximate surface area is 254 Å². The van der Waals surface area contributed by atoms with Gasteiger partial charge in [-0.1, -0.05) is 12.5 Å². The van der Waals surface area contributed by atoms with Gasteiger partial charge in [0, 0.05) is 38.9 Å². The fraction of sp³-hybridized carbons (Fsp3) is 0.656. The molecule has 43 heavy (non-hydrogen) atoms. The molecule has 11 heteroatoms. The normalized spacial score (nSPS) is 22.0. The number of nitrogens with one attached hydrogen (secondary N) is 1. The maximum atomic E-state index is 13.6. The van der Waals surface area contributed by atoms with Gasteiger partial charge in [0.25, 0.3) is 0 Å². The predicted octanol–water partition coefficient (Wildman–Crippen LogP) is 4.38. The summed E-state index contributed by atoms with van der Waals surface area (Å²) in [4.78, 5) is 47.0. The maximum Gasteiger partial charge on any atom is 0.410 e. The molecule has 0 radical (unpaired) electrons. The molecule has 2 amide bonds. The number of pyridine rings is 1. The Kier molecular flexibility index (Phi) is 8.44. The van der Waals surface area contributed by atoms with Gasteiger partial charge in [-0.2, -0.15) is 0 Å². The van der Waals surface area contributed by atoms with E-state index in [1.807, 2.05) is 37.8 Å². The highest BCUT2D eigenvalue weighted by molar-refractivity contribution is 5.99. The average molecular weight is 592 g/mol. The average Bonchev–Trinajstić information content (AvgIpc) is 3.47. The molecule has 1 aliphatic carbocycles. The van der Waals surface area contributed by atoms with Crippen LogP contribution < -0.4 is 15.1 Å². The summed E-state index contributed by atoms with van der Waals surface area (Å²) in [6.07, 6.45) is 12.7. The van der Waals surface area contributed by atoms with E-state index >= 15 is 0 Å². The molecule has 0 aromatic carbocycles. The summed E-state index contributed by atoms with van der Waals surface area (Å²) in [5.41, 5.74) is -0.535. The second-order valence-electron chi connectivity index (χ2n) is 13.6. The SMILES string of the molecule is CC(C)(C)OC(=O)N(CC1CCC1)[C@@H]1CCCN(c2ccc(C3(C(=O)Nc4cncc(N5CCCC5)n4)COC3)cn2)C1. The smallest absolute Gasteiger partial charge is 0.410 e. The minimum atomic E-state index is -0.822. The molecule has 2 aromatic rings. The van der Waals surface area contributed by atoms with Gasteiger partial charge in [-0.15, -0.1) is 0 Å². The molecule has 0 unspecified atom stereocenters. The van der Waals surface area contributed by atoms with Gasteiger partial charge in [0.2, 0.25) is 5.91 Å². The van der Waals surface area contributed by atoms with E-state index in [-0.39, 0.29) is 31.3 Å². The van der Waals surface area contributed by atoms with E-state index in [1.54, 1.807) is 18.6 Å². The molecule has 4 aliphatic rings. The third kappa shape index (κ3) is 6.56. The number of hydrogen-bond acceptors (Lipinski definition) is 9. The Bertz CT molecular complexity index is 1280. The van der Waals surface area contributed by atoms with E-state index in [9.17, 15) is 9.59 Å². The summed E-state index contributed by atoms with van der Waals surface area (Å²) in [5.74, 6) is 2.48. The number of rotatable bonds is 8. The summed E-state index contributed by atoms with van der Waals surface area (Å²) < 4.78 is 11.4. The van der Waals surface area contributed by atoms with E-state index in [2.05, 4.69) is 25.1 Å². The summed E-state index contributed by atoms with van der Waals surface area (Å²) in [7, 11) is 0. The van der Waals surface area contributed by atoms with Gasteiger partial charge in [-0.05, 0) is 76.8 Å². The Morgan fingerprint density at radius 1 is 1.00 bits per heavy atom. The van der Waals surface area contributed by atoms with Crippen LogP contribution in [0.2, 0.25) is 0 Å². The Morgan fingerprint density at radius 3 is 2.40 bits per heavy atom. The number of ether oxygens (including phenoxy) is 2. The van der Waals surface area contributed by atoms with E-state index in [0.29, 0.717) is 18.3 Å². The van der Waals surface area contributed by atoms with E-state index in [4.69, 9.17) is 14.5 Å². The van der Waals surface area contributed by atoms with Crippen molar-refractivity contribution in [1.29, 1.82) is 0 Å². The molecule has 1 saturated carbocycles. The van der Waals surface area contributed by atoms with Crippen LogP contribution in [0.1, 0.15) is 71.3 Å². The number of aromatic nitrogens is 3. The van der Waals surface area contributed by atoms with E-state index in [1.165, 1.54) is 19.3 Å². The van der Waals surface area contributed by atoms with Crippen LogP contribution in [0.15, 0.2) is 30.7 Å². The minimum absolute atomic E-state index is 0.0697. The first kappa shape index (κ1) is 29.6. The van der Waals surface area contributed by atoms with Crippen molar-refractivity contribution in [2.75, 3.05) is 61.1 Å². The van der Waals surface area contributed by atoms with Crippen LogP contribution >= 0.6 is 0 Å². The van der Waals surface area contributed by atoms with E-state index < -0.39 is 11.0 Å². The van der Waals surface area contributed by atoms with Crippen molar-refractivity contribution in [1.82, 2.24) is 19.9 Å². The lowest BCUT2D eigenvalue weighted by Gasteiger charge is -2.43. The second-order valence-corrected chi connectivity index (χ2v) is 13.6. The Hall–Kier alpha value is -3.47. The fourth-order valence-corrected chi connectivity index (χ4v) is 6.41. The molecule has 3 aliphatic heterocycles. The molecular formula is C32H45N7O4. The fourth-order valence-electron chi connectivity index (χ4n) is 6.41. The highest BCUT2D eigenvalue weighted by Crippen LogP contribution is 2.35. The molecule has 0 spiro atoms. The second kappa shape index (κ2) is 12.3. The number of anilines is 3. The first-order valence-corrected chi connectivity index (χ1v) is 15.9. The van der Waals surface area contributed by atoms with Gasteiger partial charge in [0.1, 0.15) is 22.7 Å². The number of hydrogen-bond donors (Lipinski definition) is 1. The monoisotopic (exact) mass is 591 g/mol. The lowest BCUT2D eigenvalue weighted by Crippen LogP contribution is -2.55. The van der Waals surface area contributed by atoms with Crippen LogP contribution in [-0.2, 0) is 19.7 Å². The molecule has 0 bridgehead atoms. The molecule has 6 rings (SSSR count). The largest absolute Gasteiger partial charge is 0.444 e. The molecule has 4 fully saturated rings. The highest BCUT2D eigenvalue weighted by atomic mass is 16.6. The zero-order chi connectivity index (χ0) is 30.0. The van der Waals surface area contributed by atoms with Crippen LogP contribution in [0.5, 0.6) is 0 Å². The quantitative estimate of drug-likeness (QED) is 0.478. The summed E-state index contributed by atoms with van der Waals surface area (Å²) >= 11 is 0. The van der Waals surface area contributed by atoms with Crippen molar-refractivity contribution in [2.24, 2.45) is 5.92 Å². The van der Waals surface area contributed by atoms with Crippen molar-refractivity contribution < 1.29 is 19.1 Å². The van der Waals surface area contributed by atoms with Crippen LogP contribution in [0.3, 0.4) is 0 Å². The molecule has 5 heterocycles. The first-order valence-electron chi connectivity index (χ1n) is 15.9. The Morgan fingerprint density at radius 2 is 1.77 bits per heavy atom. The molecule has 232 valence electrons. The van der Waals surface area contributed by atoms with Gasteiger partial charge in [0.05, 0.1) is 31.6 Å². The lowest BCUT2D eigenvalue weighted by atomic mass is 9.78. The summed E-state index contributed by atoms with van der Waals surface area (Å²) in [5, 5.41) is 2.99. The third-order valence-electron chi connectivity index (χ3n) is 9.19. The zero-order valence-corrected chi connectivity index (χ0v) is 25.8. The van der Waals surface area contributed by atoms with E-state index in [0.717, 1.165) is 69.1 Å². The lowest BCUT2D eigenvalue weighted by molar-refractivity contribution is -0.139. The predicted molar refractivity (Wildman–Crippen MR) is 164 cm³/mol. The Balaban J connectivity index is 1.13. The number of carbonyl (C=O) groups is 2. The topological polar surface area (TPSA) is 113 Å². The highest BCUT2D eigenvalue weighted by Gasteiger charge is 2.48. The molecule has 11 nitrogen and oxygen atoms in total. The van der Waals surface area contributed by atoms with Gasteiger partial charge in [-0.3, -0.25) is 9.78 Å². The van der Waals surface area contributed by atoms with Crippen molar-refractivity contribution >= 4 is 29.5 Å². The molecular weight excluding hydrogens is 546 g/mol. The van der Waals surface area contributed by atoms with Crippen LogP contribution in [0.4, 0.5) is 22.2 Å². The number of amides is 2. The van der Waals surface area contributed by atoms with Crippen LogP contribution in [-0.4, -0.2) is 89.4 Å². The first-order chi connectivity index (χ1) is 20.7. The van der Waals surface area contributed by atoms with Crippen molar-refractivity contribution in [3.05, 3.63) is 36.3 Å². The summed E-state index contributed by atoms with van der Waals surface area (Å²) in [6, 6.07) is 4.04. The van der Waals surface area contributed by atoms with Crippen LogP contribution in [0, 0.1) is 5.92 Å². The summed E-state index contributed by atoms with van der Waals surface area (Å²) in [6.45, 7) is 10.6.